The van der Waals surface area contributed by atoms with Crippen molar-refractivity contribution in [2.24, 2.45) is 0 Å². The lowest BCUT2D eigenvalue weighted by atomic mass is 9.86. The molecule has 0 amide bonds. The highest BCUT2D eigenvalue weighted by atomic mass is 79.9. The Morgan fingerprint density at radius 3 is 2.30 bits per heavy atom. The highest BCUT2D eigenvalue weighted by Gasteiger charge is 2.52. The van der Waals surface area contributed by atoms with Crippen molar-refractivity contribution in [1.82, 2.24) is 9.55 Å². The fourth-order valence-corrected chi connectivity index (χ4v) is 3.50. The zero-order valence-corrected chi connectivity index (χ0v) is 14.2. The maximum Gasteiger partial charge on any atom is 0.516 e. The van der Waals surface area contributed by atoms with Crippen LogP contribution in [0.4, 0.5) is 0 Å². The third-order valence-electron chi connectivity index (χ3n) is 4.92. The summed E-state index contributed by atoms with van der Waals surface area (Å²) in [5.41, 5.74) is 0.227. The Morgan fingerprint density at radius 2 is 1.75 bits per heavy atom. The topological polar surface area (TPSA) is 36.3 Å². The Balaban J connectivity index is 1.84. The van der Waals surface area contributed by atoms with Crippen molar-refractivity contribution in [3.63, 3.8) is 0 Å². The van der Waals surface area contributed by atoms with Crippen molar-refractivity contribution < 1.29 is 9.31 Å². The molecule has 1 saturated heterocycles. The van der Waals surface area contributed by atoms with Crippen molar-refractivity contribution in [3.8, 4) is 0 Å². The molecule has 2 fully saturated rings. The maximum absolute atomic E-state index is 6.06. The summed E-state index contributed by atoms with van der Waals surface area (Å²) in [7, 11) is -0.376. The number of imidazole rings is 1. The molecule has 0 radical (unpaired) electrons. The molecule has 0 spiro atoms. The third-order valence-corrected chi connectivity index (χ3v) is 5.51. The zero-order valence-electron chi connectivity index (χ0n) is 12.6. The lowest BCUT2D eigenvalue weighted by Crippen LogP contribution is -2.41. The second-order valence-electron chi connectivity index (χ2n) is 6.87. The molecule has 2 aliphatic rings. The van der Waals surface area contributed by atoms with Gasteiger partial charge in [0.2, 0.25) is 0 Å². The lowest BCUT2D eigenvalue weighted by molar-refractivity contribution is 0.00578. The summed E-state index contributed by atoms with van der Waals surface area (Å²) in [4.78, 5) is 4.60. The van der Waals surface area contributed by atoms with Crippen LogP contribution >= 0.6 is 15.9 Å². The van der Waals surface area contributed by atoms with Gasteiger partial charge in [-0.15, -0.1) is 0 Å². The molecule has 4 nitrogen and oxygen atoms in total. The Labute approximate surface area is 129 Å². The van der Waals surface area contributed by atoms with Crippen LogP contribution in [0.2, 0.25) is 0 Å². The van der Waals surface area contributed by atoms with Crippen molar-refractivity contribution in [2.75, 3.05) is 0 Å². The van der Waals surface area contributed by atoms with Gasteiger partial charge < -0.3 is 13.9 Å². The highest BCUT2D eigenvalue weighted by Crippen LogP contribution is 2.37. The zero-order chi connectivity index (χ0) is 14.5. The Bertz CT molecular complexity index is 493. The van der Waals surface area contributed by atoms with E-state index < -0.39 is 0 Å². The highest BCUT2D eigenvalue weighted by molar-refractivity contribution is 9.10. The molecule has 1 aliphatic heterocycles. The van der Waals surface area contributed by atoms with Gasteiger partial charge in [-0.2, -0.15) is 0 Å². The molecular weight excluding hydrogens is 319 g/mol. The van der Waals surface area contributed by atoms with Gasteiger partial charge in [0.25, 0.3) is 0 Å². The van der Waals surface area contributed by atoms with Gasteiger partial charge in [-0.3, -0.25) is 0 Å². The van der Waals surface area contributed by atoms with E-state index in [-0.39, 0.29) is 18.3 Å². The average molecular weight is 341 g/mol. The largest absolute Gasteiger partial charge is 0.516 e. The predicted octanol–water partition coefficient (Wildman–Crippen LogP) is 3.06. The predicted molar refractivity (Wildman–Crippen MR) is 83.1 cm³/mol. The maximum atomic E-state index is 6.06. The minimum atomic E-state index is -0.376. The molecule has 2 heterocycles. The SMILES string of the molecule is CC1(C)OB(c2cn(C3CCCC3)c(Br)n2)OC1(C)C. The van der Waals surface area contributed by atoms with Gasteiger partial charge >= 0.3 is 7.12 Å². The molecule has 0 atom stereocenters. The molecule has 1 aromatic rings. The second-order valence-corrected chi connectivity index (χ2v) is 7.58. The van der Waals surface area contributed by atoms with Gasteiger partial charge in [0.1, 0.15) is 0 Å². The van der Waals surface area contributed by atoms with Crippen LogP contribution < -0.4 is 5.59 Å². The molecular formula is C14H22BBrN2O2. The summed E-state index contributed by atoms with van der Waals surface area (Å²) >= 11 is 3.57. The van der Waals surface area contributed by atoms with Crippen LogP contribution in [0.5, 0.6) is 0 Å². The first kappa shape index (κ1) is 14.6. The summed E-state index contributed by atoms with van der Waals surface area (Å²) in [6.07, 6.45) is 7.17. The van der Waals surface area contributed by atoms with E-state index in [1.165, 1.54) is 25.7 Å². The van der Waals surface area contributed by atoms with Gasteiger partial charge in [-0.05, 0) is 56.5 Å². The molecule has 0 bridgehead atoms. The van der Waals surface area contributed by atoms with Gasteiger partial charge in [0.15, 0.2) is 4.73 Å². The first-order valence-corrected chi connectivity index (χ1v) is 8.19. The number of halogens is 1. The lowest BCUT2D eigenvalue weighted by Gasteiger charge is -2.32. The molecule has 3 rings (SSSR count). The van der Waals surface area contributed by atoms with Crippen molar-refractivity contribution in [2.45, 2.75) is 70.6 Å². The van der Waals surface area contributed by atoms with E-state index >= 15 is 0 Å². The Hall–Kier alpha value is -0.325. The van der Waals surface area contributed by atoms with Gasteiger partial charge in [0.05, 0.1) is 16.8 Å². The van der Waals surface area contributed by atoms with Gasteiger partial charge in [0, 0.05) is 12.2 Å². The minimum Gasteiger partial charge on any atom is -0.398 e. The van der Waals surface area contributed by atoms with E-state index in [4.69, 9.17) is 9.31 Å². The van der Waals surface area contributed by atoms with E-state index in [2.05, 4.69) is 59.4 Å². The standard InChI is InChI=1S/C14H22BBrN2O2/c1-13(2)14(3,4)20-15(19-13)11-9-18(12(16)17-11)10-7-5-6-8-10/h9-10H,5-8H2,1-4H3. The summed E-state index contributed by atoms with van der Waals surface area (Å²) in [5, 5.41) is 0. The van der Waals surface area contributed by atoms with Crippen LogP contribution in [-0.4, -0.2) is 27.9 Å². The Kier molecular flexibility index (Phi) is 3.54. The molecule has 0 unspecified atom stereocenters. The summed E-state index contributed by atoms with van der Waals surface area (Å²) < 4.78 is 15.2. The first-order valence-electron chi connectivity index (χ1n) is 7.40. The van der Waals surface area contributed by atoms with E-state index in [0.717, 1.165) is 10.3 Å². The van der Waals surface area contributed by atoms with Crippen molar-refractivity contribution in [1.29, 1.82) is 0 Å². The van der Waals surface area contributed by atoms with Gasteiger partial charge in [-0.1, -0.05) is 12.8 Å². The molecule has 0 N–H and O–H groups in total. The van der Waals surface area contributed by atoms with Crippen molar-refractivity contribution >= 4 is 28.6 Å². The first-order chi connectivity index (χ1) is 9.30. The van der Waals surface area contributed by atoms with Crippen LogP contribution in [0.15, 0.2) is 10.9 Å². The van der Waals surface area contributed by atoms with E-state index in [1.54, 1.807) is 0 Å². The molecule has 1 saturated carbocycles. The van der Waals surface area contributed by atoms with E-state index in [1.807, 2.05) is 0 Å². The number of rotatable bonds is 2. The number of nitrogens with zero attached hydrogens (tertiary/aromatic N) is 2. The third kappa shape index (κ3) is 2.36. The normalized spacial score (nSPS) is 25.6. The minimum absolute atomic E-state index is 0.318. The molecule has 110 valence electrons. The van der Waals surface area contributed by atoms with Crippen LogP contribution in [0.1, 0.15) is 59.4 Å². The molecule has 1 aromatic heterocycles. The fraction of sp³-hybridized carbons (Fsp3) is 0.786. The number of aromatic nitrogens is 2. The second kappa shape index (κ2) is 4.85. The average Bonchev–Trinajstić information content (AvgIpc) is 2.98. The Morgan fingerprint density at radius 1 is 1.20 bits per heavy atom. The van der Waals surface area contributed by atoms with Gasteiger partial charge in [-0.25, -0.2) is 4.98 Å². The molecule has 6 heteroatoms. The number of hydrogen-bond donors (Lipinski definition) is 0. The van der Waals surface area contributed by atoms with Crippen LogP contribution in [0.3, 0.4) is 0 Å². The van der Waals surface area contributed by atoms with Crippen LogP contribution in [-0.2, 0) is 9.31 Å². The summed E-state index contributed by atoms with van der Waals surface area (Å²) in [5.74, 6) is 0. The van der Waals surface area contributed by atoms with Crippen LogP contribution in [0, 0.1) is 0 Å². The summed E-state index contributed by atoms with van der Waals surface area (Å²) in [6.45, 7) is 8.26. The van der Waals surface area contributed by atoms with Crippen molar-refractivity contribution in [3.05, 3.63) is 10.9 Å². The van der Waals surface area contributed by atoms with E-state index in [9.17, 15) is 0 Å². The molecule has 1 aliphatic carbocycles. The molecule has 20 heavy (non-hydrogen) atoms. The van der Waals surface area contributed by atoms with E-state index in [0.29, 0.717) is 6.04 Å². The summed E-state index contributed by atoms with van der Waals surface area (Å²) in [6, 6.07) is 0.563. The fourth-order valence-electron chi connectivity index (χ4n) is 2.90. The quantitative estimate of drug-likeness (QED) is 0.776. The van der Waals surface area contributed by atoms with Crippen LogP contribution in [0.25, 0.3) is 0 Å². The smallest absolute Gasteiger partial charge is 0.398 e. The number of hydrogen-bond acceptors (Lipinski definition) is 3. The monoisotopic (exact) mass is 340 g/mol. The molecule has 0 aromatic carbocycles.